The molecule has 3 rings (SSSR count). The van der Waals surface area contributed by atoms with Crippen molar-refractivity contribution in [2.75, 3.05) is 31.9 Å². The van der Waals surface area contributed by atoms with Gasteiger partial charge in [-0.05, 0) is 37.3 Å². The maximum atomic E-state index is 12.9. The lowest BCUT2D eigenvalue weighted by Gasteiger charge is -2.37. The van der Waals surface area contributed by atoms with Gasteiger partial charge in [0.05, 0.1) is 11.7 Å². The summed E-state index contributed by atoms with van der Waals surface area (Å²) in [6, 6.07) is 8.20. The molecule has 23 heavy (non-hydrogen) atoms. The summed E-state index contributed by atoms with van der Waals surface area (Å²) in [7, 11) is -3.15. The van der Waals surface area contributed by atoms with E-state index in [9.17, 15) is 13.2 Å². The van der Waals surface area contributed by atoms with Crippen LogP contribution in [0.3, 0.4) is 0 Å². The van der Waals surface area contributed by atoms with Crippen molar-refractivity contribution >= 4 is 15.9 Å². The molecule has 126 valence electrons. The van der Waals surface area contributed by atoms with Crippen LogP contribution in [0.15, 0.2) is 24.3 Å². The zero-order valence-electron chi connectivity index (χ0n) is 13.6. The lowest BCUT2D eigenvalue weighted by molar-refractivity contribution is -0.134. The predicted molar refractivity (Wildman–Crippen MR) is 89.7 cm³/mol. The number of amides is 1. The zero-order chi connectivity index (χ0) is 16.4. The van der Waals surface area contributed by atoms with Crippen LogP contribution in [0.25, 0.3) is 0 Å². The van der Waals surface area contributed by atoms with Crippen LogP contribution in [0.5, 0.6) is 0 Å². The van der Waals surface area contributed by atoms with E-state index >= 15 is 0 Å². The predicted octanol–water partition coefficient (Wildman–Crippen LogP) is 1.60. The molecule has 0 spiro atoms. The highest BCUT2D eigenvalue weighted by molar-refractivity contribution is 7.89. The molecule has 0 saturated carbocycles. The van der Waals surface area contributed by atoms with Gasteiger partial charge in [-0.15, -0.1) is 0 Å². The van der Waals surface area contributed by atoms with E-state index in [0.29, 0.717) is 26.2 Å². The highest BCUT2D eigenvalue weighted by atomic mass is 32.2. The van der Waals surface area contributed by atoms with Gasteiger partial charge >= 0.3 is 0 Å². The fourth-order valence-corrected chi connectivity index (χ4v) is 4.68. The summed E-state index contributed by atoms with van der Waals surface area (Å²) in [5.74, 6) is 0.219. The largest absolute Gasteiger partial charge is 0.340 e. The summed E-state index contributed by atoms with van der Waals surface area (Å²) in [4.78, 5) is 14.7. The summed E-state index contributed by atoms with van der Waals surface area (Å²) < 4.78 is 25.3. The summed E-state index contributed by atoms with van der Waals surface area (Å²) in [6.45, 7) is 3.48. The van der Waals surface area contributed by atoms with Crippen molar-refractivity contribution in [2.24, 2.45) is 0 Å². The van der Waals surface area contributed by atoms with Crippen LogP contribution in [0.2, 0.25) is 0 Å². The maximum absolute atomic E-state index is 12.9. The highest BCUT2D eigenvalue weighted by Gasteiger charge is 2.33. The van der Waals surface area contributed by atoms with E-state index in [1.54, 1.807) is 6.92 Å². The van der Waals surface area contributed by atoms with Gasteiger partial charge in [-0.2, -0.15) is 4.31 Å². The van der Waals surface area contributed by atoms with Crippen molar-refractivity contribution in [3.05, 3.63) is 35.4 Å². The number of hydrogen-bond acceptors (Lipinski definition) is 3. The second kappa shape index (κ2) is 6.61. The number of carbonyl (C=O) groups is 1. The molecule has 1 aromatic carbocycles. The Morgan fingerprint density at radius 3 is 2.57 bits per heavy atom. The van der Waals surface area contributed by atoms with Crippen molar-refractivity contribution in [3.63, 3.8) is 0 Å². The van der Waals surface area contributed by atoms with Crippen molar-refractivity contribution < 1.29 is 13.2 Å². The first-order chi connectivity index (χ1) is 11.0. The molecule has 0 bridgehead atoms. The Bertz CT molecular complexity index is 679. The van der Waals surface area contributed by atoms with E-state index in [2.05, 4.69) is 12.1 Å². The smallest absolute Gasteiger partial charge is 0.230 e. The zero-order valence-corrected chi connectivity index (χ0v) is 14.4. The monoisotopic (exact) mass is 336 g/mol. The minimum Gasteiger partial charge on any atom is -0.340 e. The molecule has 1 amide bonds. The minimum absolute atomic E-state index is 0.0608. The molecule has 2 aliphatic rings. The average Bonchev–Trinajstić information content (AvgIpc) is 2.60. The van der Waals surface area contributed by atoms with E-state index in [-0.39, 0.29) is 17.6 Å². The van der Waals surface area contributed by atoms with Crippen LogP contribution < -0.4 is 0 Å². The minimum atomic E-state index is -3.15. The maximum Gasteiger partial charge on any atom is 0.230 e. The molecule has 1 saturated heterocycles. The normalized spacial score (nSPS) is 22.7. The Hall–Kier alpha value is -1.40. The summed E-state index contributed by atoms with van der Waals surface area (Å²) >= 11 is 0. The van der Waals surface area contributed by atoms with Gasteiger partial charge in [0.2, 0.25) is 15.9 Å². The van der Waals surface area contributed by atoms with E-state index in [1.165, 1.54) is 9.87 Å². The molecule has 1 aliphatic heterocycles. The van der Waals surface area contributed by atoms with E-state index in [1.807, 2.05) is 17.0 Å². The molecule has 1 unspecified atom stereocenters. The van der Waals surface area contributed by atoms with Crippen LogP contribution in [-0.2, 0) is 21.2 Å². The number of aryl methyl sites for hydroxylation is 1. The summed E-state index contributed by atoms with van der Waals surface area (Å²) in [5, 5.41) is 0. The number of carbonyl (C=O) groups excluding carboxylic acids is 1. The van der Waals surface area contributed by atoms with Gasteiger partial charge in [-0.1, -0.05) is 24.3 Å². The van der Waals surface area contributed by atoms with Crippen molar-refractivity contribution in [1.29, 1.82) is 0 Å². The molecule has 5 nitrogen and oxygen atoms in total. The molecule has 1 aromatic rings. The van der Waals surface area contributed by atoms with Gasteiger partial charge in [0.25, 0.3) is 0 Å². The van der Waals surface area contributed by atoms with Crippen LogP contribution in [-0.4, -0.2) is 55.5 Å². The van der Waals surface area contributed by atoms with Gasteiger partial charge in [-0.3, -0.25) is 4.79 Å². The van der Waals surface area contributed by atoms with Crippen LogP contribution >= 0.6 is 0 Å². The number of piperazine rings is 1. The van der Waals surface area contributed by atoms with E-state index < -0.39 is 10.0 Å². The Morgan fingerprint density at radius 1 is 1.17 bits per heavy atom. The number of hydrogen-bond donors (Lipinski definition) is 0. The van der Waals surface area contributed by atoms with E-state index in [4.69, 9.17) is 0 Å². The summed E-state index contributed by atoms with van der Waals surface area (Å²) in [5.41, 5.74) is 2.44. The SMILES string of the molecule is CCS(=O)(=O)N1CCN(C(=O)C2CCCc3ccccc32)CC1. The molecular formula is C17H24N2O3S. The number of sulfonamides is 1. The Labute approximate surface area is 138 Å². The topological polar surface area (TPSA) is 57.7 Å². The number of nitrogens with zero attached hydrogens (tertiary/aromatic N) is 2. The lowest BCUT2D eigenvalue weighted by atomic mass is 9.82. The third-order valence-electron chi connectivity index (χ3n) is 4.98. The quantitative estimate of drug-likeness (QED) is 0.842. The van der Waals surface area contributed by atoms with Crippen LogP contribution in [0, 0.1) is 0 Å². The Kier molecular flexibility index (Phi) is 4.73. The van der Waals surface area contributed by atoms with Crippen LogP contribution in [0.1, 0.15) is 36.8 Å². The second-order valence-corrected chi connectivity index (χ2v) is 8.53. The first-order valence-corrected chi connectivity index (χ1v) is 9.98. The molecule has 0 N–H and O–H groups in total. The van der Waals surface area contributed by atoms with Crippen molar-refractivity contribution in [3.8, 4) is 0 Å². The second-order valence-electron chi connectivity index (χ2n) is 6.27. The number of fused-ring (bicyclic) bond motifs is 1. The first-order valence-electron chi connectivity index (χ1n) is 8.37. The standard InChI is InChI=1S/C17H24N2O3S/c1-2-23(21,22)19-12-10-18(11-13-19)17(20)16-9-5-7-14-6-3-4-8-15(14)16/h3-4,6,8,16H,2,5,7,9-13H2,1H3. The highest BCUT2D eigenvalue weighted by Crippen LogP contribution is 2.33. The van der Waals surface area contributed by atoms with Gasteiger partial charge in [0.1, 0.15) is 0 Å². The molecular weight excluding hydrogens is 312 g/mol. The van der Waals surface area contributed by atoms with Gasteiger partial charge in [-0.25, -0.2) is 8.42 Å². The summed E-state index contributed by atoms with van der Waals surface area (Å²) in [6.07, 6.45) is 2.98. The Balaban J connectivity index is 1.69. The Morgan fingerprint density at radius 2 is 1.87 bits per heavy atom. The van der Waals surface area contributed by atoms with Gasteiger partial charge < -0.3 is 4.90 Å². The number of rotatable bonds is 3. The molecule has 1 fully saturated rings. The van der Waals surface area contributed by atoms with Crippen molar-refractivity contribution in [2.45, 2.75) is 32.1 Å². The third-order valence-corrected chi connectivity index (χ3v) is 6.86. The third kappa shape index (κ3) is 3.28. The van der Waals surface area contributed by atoms with Gasteiger partial charge in [0, 0.05) is 26.2 Å². The molecule has 6 heteroatoms. The van der Waals surface area contributed by atoms with Crippen molar-refractivity contribution in [1.82, 2.24) is 9.21 Å². The fourth-order valence-electron chi connectivity index (χ4n) is 3.60. The molecule has 1 aliphatic carbocycles. The average molecular weight is 336 g/mol. The fraction of sp³-hybridized carbons (Fsp3) is 0.588. The molecule has 0 radical (unpaired) electrons. The lowest BCUT2D eigenvalue weighted by Crippen LogP contribution is -2.52. The van der Waals surface area contributed by atoms with Crippen LogP contribution in [0.4, 0.5) is 0 Å². The van der Waals surface area contributed by atoms with Gasteiger partial charge in [0.15, 0.2) is 0 Å². The molecule has 0 aromatic heterocycles. The first kappa shape index (κ1) is 16.5. The molecule has 1 atom stereocenters. The molecule has 1 heterocycles. The number of benzene rings is 1. The van der Waals surface area contributed by atoms with E-state index in [0.717, 1.165) is 24.8 Å².